The van der Waals surface area contributed by atoms with Gasteiger partial charge in [0.25, 0.3) is 5.91 Å². The molecule has 4 nitrogen and oxygen atoms in total. The number of carbonyl (C=O) groups is 1. The van der Waals surface area contributed by atoms with Gasteiger partial charge in [-0.15, -0.1) is 11.3 Å². The summed E-state index contributed by atoms with van der Waals surface area (Å²) < 4.78 is 5.72. The van der Waals surface area contributed by atoms with Gasteiger partial charge in [0, 0.05) is 6.54 Å². The summed E-state index contributed by atoms with van der Waals surface area (Å²) in [4.78, 5) is 15.0. The molecule has 2 heterocycles. The van der Waals surface area contributed by atoms with Crippen molar-refractivity contribution in [3.63, 3.8) is 0 Å². The van der Waals surface area contributed by atoms with Gasteiger partial charge in [0.15, 0.2) is 0 Å². The first-order valence-electron chi connectivity index (χ1n) is 7.58. The Kier molecular flexibility index (Phi) is 4.34. The molecule has 0 fully saturated rings. The first-order chi connectivity index (χ1) is 10.7. The van der Waals surface area contributed by atoms with Crippen molar-refractivity contribution in [3.05, 3.63) is 40.8 Å². The number of carbonyl (C=O) groups excluding carboxylic acids is 1. The fourth-order valence-electron chi connectivity index (χ4n) is 2.48. The number of hydrogen-bond donors (Lipinski definition) is 1. The minimum atomic E-state index is 0.0100. The summed E-state index contributed by atoms with van der Waals surface area (Å²) in [7, 11) is 0. The maximum absolute atomic E-state index is 12.1. The van der Waals surface area contributed by atoms with E-state index < -0.39 is 0 Å². The molecule has 0 saturated heterocycles. The van der Waals surface area contributed by atoms with Crippen LogP contribution >= 0.6 is 11.3 Å². The number of rotatable bonds is 4. The van der Waals surface area contributed by atoms with Gasteiger partial charge in [-0.3, -0.25) is 4.79 Å². The Balaban J connectivity index is 1.86. The van der Waals surface area contributed by atoms with Gasteiger partial charge in [-0.1, -0.05) is 13.0 Å². The summed E-state index contributed by atoms with van der Waals surface area (Å²) in [5.74, 6) is 0.915. The van der Waals surface area contributed by atoms with E-state index in [9.17, 15) is 4.79 Å². The molecule has 116 valence electrons. The van der Waals surface area contributed by atoms with Gasteiger partial charge in [0.2, 0.25) is 0 Å². The summed E-state index contributed by atoms with van der Waals surface area (Å²) in [5, 5.41) is 4.00. The van der Waals surface area contributed by atoms with E-state index in [1.807, 2.05) is 25.1 Å². The second-order valence-electron chi connectivity index (χ2n) is 5.37. The molecule has 1 N–H and O–H groups in total. The topological polar surface area (TPSA) is 41.6 Å². The van der Waals surface area contributed by atoms with Gasteiger partial charge in [-0.25, -0.2) is 0 Å². The number of aryl methyl sites for hydroxylation is 1. The molecule has 0 atom stereocenters. The van der Waals surface area contributed by atoms with Crippen LogP contribution in [0.5, 0.6) is 5.75 Å². The van der Waals surface area contributed by atoms with E-state index in [1.165, 1.54) is 16.9 Å². The highest BCUT2D eigenvalue weighted by atomic mass is 32.1. The van der Waals surface area contributed by atoms with E-state index in [0.717, 1.165) is 34.3 Å². The first-order valence-corrected chi connectivity index (χ1v) is 8.39. The van der Waals surface area contributed by atoms with E-state index in [1.54, 1.807) is 0 Å². The first kappa shape index (κ1) is 14.9. The number of nitrogens with zero attached hydrogens (tertiary/aromatic N) is 1. The third-order valence-corrected chi connectivity index (χ3v) is 4.70. The zero-order valence-corrected chi connectivity index (χ0v) is 13.7. The summed E-state index contributed by atoms with van der Waals surface area (Å²) in [6, 6.07) is 10.1. The molecule has 1 aliphatic rings. The summed E-state index contributed by atoms with van der Waals surface area (Å²) in [6.07, 6.45) is 0.945. The smallest absolute Gasteiger partial charge is 0.261 e. The average molecular weight is 316 g/mol. The fraction of sp³-hybridized carbons (Fsp3) is 0.353. The predicted molar refractivity (Wildman–Crippen MR) is 90.6 cm³/mol. The van der Waals surface area contributed by atoms with Crippen LogP contribution in [0.25, 0.3) is 0 Å². The van der Waals surface area contributed by atoms with E-state index in [0.29, 0.717) is 13.2 Å². The van der Waals surface area contributed by atoms with Crippen molar-refractivity contribution in [1.82, 2.24) is 5.32 Å². The lowest BCUT2D eigenvalue weighted by atomic mass is 10.1. The minimum absolute atomic E-state index is 0.0100. The summed E-state index contributed by atoms with van der Waals surface area (Å²) >= 11 is 1.53. The van der Waals surface area contributed by atoms with Crippen LogP contribution in [0.4, 0.5) is 10.7 Å². The summed E-state index contributed by atoms with van der Waals surface area (Å²) in [6.45, 7) is 6.29. The number of hydrogen-bond acceptors (Lipinski definition) is 4. The zero-order chi connectivity index (χ0) is 15.5. The van der Waals surface area contributed by atoms with Crippen LogP contribution < -0.4 is 15.0 Å². The van der Waals surface area contributed by atoms with Crippen molar-refractivity contribution in [2.45, 2.75) is 20.3 Å². The SMILES string of the molecule is CCCNC(=O)c1ccc(N2CCOc3ccc(C)cc32)s1. The van der Waals surface area contributed by atoms with Gasteiger partial charge < -0.3 is 15.0 Å². The van der Waals surface area contributed by atoms with Crippen LogP contribution in [0.15, 0.2) is 30.3 Å². The lowest BCUT2D eigenvalue weighted by molar-refractivity contribution is 0.0957. The zero-order valence-electron chi connectivity index (χ0n) is 12.9. The van der Waals surface area contributed by atoms with Crippen LogP contribution in [-0.4, -0.2) is 25.6 Å². The third-order valence-electron chi connectivity index (χ3n) is 3.59. The van der Waals surface area contributed by atoms with Gasteiger partial charge in [-0.2, -0.15) is 0 Å². The third kappa shape index (κ3) is 2.95. The molecular formula is C17H20N2O2S. The molecule has 1 aromatic heterocycles. The monoisotopic (exact) mass is 316 g/mol. The quantitative estimate of drug-likeness (QED) is 0.934. The molecule has 5 heteroatoms. The van der Waals surface area contributed by atoms with Crippen LogP contribution in [0.3, 0.4) is 0 Å². The van der Waals surface area contributed by atoms with Crippen LogP contribution in [0, 0.1) is 6.92 Å². The van der Waals surface area contributed by atoms with Crippen molar-refractivity contribution in [1.29, 1.82) is 0 Å². The molecule has 0 aliphatic carbocycles. The molecule has 0 spiro atoms. The van der Waals surface area contributed by atoms with Gasteiger partial charge in [0.1, 0.15) is 12.4 Å². The van der Waals surface area contributed by atoms with E-state index in [4.69, 9.17) is 4.74 Å². The number of ether oxygens (including phenoxy) is 1. The molecule has 2 aromatic rings. The molecule has 0 bridgehead atoms. The van der Waals surface area contributed by atoms with Crippen LogP contribution in [0.1, 0.15) is 28.6 Å². The Bertz CT molecular complexity index is 681. The Morgan fingerprint density at radius 1 is 1.36 bits per heavy atom. The van der Waals surface area contributed by atoms with E-state index in [-0.39, 0.29) is 5.91 Å². The van der Waals surface area contributed by atoms with Gasteiger partial charge in [-0.05, 0) is 43.2 Å². The average Bonchev–Trinajstić information content (AvgIpc) is 3.01. The minimum Gasteiger partial charge on any atom is -0.490 e. The molecule has 0 radical (unpaired) electrons. The Labute approximate surface area is 134 Å². The van der Waals surface area contributed by atoms with Crippen molar-refractivity contribution < 1.29 is 9.53 Å². The Morgan fingerprint density at radius 2 is 2.23 bits per heavy atom. The standard InChI is InChI=1S/C17H20N2O2S/c1-3-8-18-17(20)15-6-7-16(22-15)19-9-10-21-14-5-4-12(2)11-13(14)19/h4-7,11H,3,8-10H2,1-2H3,(H,18,20). The second-order valence-corrected chi connectivity index (χ2v) is 6.43. The molecule has 1 aromatic carbocycles. The number of thiophene rings is 1. The maximum Gasteiger partial charge on any atom is 0.261 e. The van der Waals surface area contributed by atoms with Crippen molar-refractivity contribution >= 4 is 27.9 Å². The van der Waals surface area contributed by atoms with Crippen molar-refractivity contribution in [3.8, 4) is 5.75 Å². The maximum atomic E-state index is 12.1. The molecule has 0 unspecified atom stereocenters. The predicted octanol–water partition coefficient (Wildman–Crippen LogP) is 3.73. The number of benzene rings is 1. The largest absolute Gasteiger partial charge is 0.490 e. The number of anilines is 2. The number of amides is 1. The van der Waals surface area contributed by atoms with E-state index >= 15 is 0 Å². The van der Waals surface area contributed by atoms with Crippen LogP contribution in [-0.2, 0) is 0 Å². The highest BCUT2D eigenvalue weighted by Crippen LogP contribution is 2.39. The molecular weight excluding hydrogens is 296 g/mol. The molecule has 22 heavy (non-hydrogen) atoms. The van der Waals surface area contributed by atoms with Gasteiger partial charge >= 0.3 is 0 Å². The lowest BCUT2D eigenvalue weighted by Gasteiger charge is -2.30. The highest BCUT2D eigenvalue weighted by molar-refractivity contribution is 7.18. The van der Waals surface area contributed by atoms with Crippen molar-refractivity contribution in [2.75, 3.05) is 24.6 Å². The second kappa shape index (κ2) is 6.40. The summed E-state index contributed by atoms with van der Waals surface area (Å²) in [5.41, 5.74) is 2.28. The Morgan fingerprint density at radius 3 is 3.05 bits per heavy atom. The fourth-order valence-corrected chi connectivity index (χ4v) is 3.44. The highest BCUT2D eigenvalue weighted by Gasteiger charge is 2.21. The molecule has 1 aliphatic heterocycles. The molecule has 1 amide bonds. The van der Waals surface area contributed by atoms with Gasteiger partial charge in [0.05, 0.1) is 22.1 Å². The van der Waals surface area contributed by atoms with Crippen LogP contribution in [0.2, 0.25) is 0 Å². The number of nitrogens with one attached hydrogen (secondary N) is 1. The molecule has 3 rings (SSSR count). The lowest BCUT2D eigenvalue weighted by Crippen LogP contribution is -2.28. The number of fused-ring (bicyclic) bond motifs is 1. The Hall–Kier alpha value is -2.01. The normalized spacial score (nSPS) is 13.5. The van der Waals surface area contributed by atoms with Crippen molar-refractivity contribution in [2.24, 2.45) is 0 Å². The molecule has 0 saturated carbocycles. The van der Waals surface area contributed by atoms with E-state index in [2.05, 4.69) is 29.3 Å².